The van der Waals surface area contributed by atoms with Crippen molar-refractivity contribution in [1.29, 1.82) is 0 Å². The van der Waals surface area contributed by atoms with Crippen LogP contribution >= 0.6 is 0 Å². The number of fused-ring (bicyclic) bond motifs is 1. The van der Waals surface area contributed by atoms with Crippen molar-refractivity contribution in [3.05, 3.63) is 35.4 Å². The lowest BCUT2D eigenvalue weighted by Crippen LogP contribution is -2.28. The minimum absolute atomic E-state index is 0.0734. The summed E-state index contributed by atoms with van der Waals surface area (Å²) in [4.78, 5) is 0. The third-order valence-corrected chi connectivity index (χ3v) is 5.09. The van der Waals surface area contributed by atoms with Gasteiger partial charge in [-0.05, 0) is 24.0 Å². The number of hydrogen-bond acceptors (Lipinski definition) is 3. The summed E-state index contributed by atoms with van der Waals surface area (Å²) in [6.45, 7) is 0.667. The molecule has 0 bridgehead atoms. The van der Waals surface area contributed by atoms with Gasteiger partial charge in [-0.1, -0.05) is 24.3 Å². The van der Waals surface area contributed by atoms with E-state index in [0.29, 0.717) is 12.4 Å². The van der Waals surface area contributed by atoms with Gasteiger partial charge in [-0.25, -0.2) is 0 Å². The fourth-order valence-corrected chi connectivity index (χ4v) is 3.89. The Bertz CT molecular complexity index is 408. The molecule has 1 aromatic carbocycles. The molecular formula is C13H19NO2S. The Hall–Kier alpha value is -0.710. The molecule has 1 aliphatic carbocycles. The summed E-state index contributed by atoms with van der Waals surface area (Å²) in [5.41, 5.74) is 8.59. The molecule has 0 radical (unpaired) electrons. The van der Waals surface area contributed by atoms with E-state index >= 15 is 0 Å². The van der Waals surface area contributed by atoms with E-state index in [4.69, 9.17) is 10.5 Å². The van der Waals surface area contributed by atoms with Crippen LogP contribution in [0.2, 0.25) is 0 Å². The quantitative estimate of drug-likeness (QED) is 0.807. The normalized spacial score (nSPS) is 24.6. The number of hydrogen-bond donors (Lipinski definition) is 1. The summed E-state index contributed by atoms with van der Waals surface area (Å²) in [5, 5.41) is 0.0734. The molecule has 1 aromatic rings. The van der Waals surface area contributed by atoms with Gasteiger partial charge in [0, 0.05) is 36.3 Å². The topological polar surface area (TPSA) is 52.3 Å². The molecule has 3 unspecified atom stereocenters. The Kier molecular flexibility index (Phi) is 4.31. The van der Waals surface area contributed by atoms with Crippen LogP contribution in [0.4, 0.5) is 0 Å². The number of methoxy groups -OCH3 is 1. The Morgan fingerprint density at radius 3 is 2.94 bits per heavy atom. The van der Waals surface area contributed by atoms with Crippen LogP contribution in [0.3, 0.4) is 0 Å². The van der Waals surface area contributed by atoms with Gasteiger partial charge in [-0.2, -0.15) is 0 Å². The van der Waals surface area contributed by atoms with Crippen LogP contribution in [-0.2, 0) is 22.0 Å². The molecule has 0 saturated carbocycles. The minimum Gasteiger partial charge on any atom is -0.385 e. The van der Waals surface area contributed by atoms with Crippen molar-refractivity contribution in [2.45, 2.75) is 24.1 Å². The first-order valence-corrected chi connectivity index (χ1v) is 7.31. The smallest absolute Gasteiger partial charge is 0.0581 e. The fraction of sp³-hybridized carbons (Fsp3) is 0.538. The van der Waals surface area contributed by atoms with Gasteiger partial charge in [0.25, 0.3) is 0 Å². The second-order valence-corrected chi connectivity index (χ2v) is 6.17. The highest BCUT2D eigenvalue weighted by Crippen LogP contribution is 2.32. The van der Waals surface area contributed by atoms with E-state index in [0.717, 1.165) is 18.4 Å². The molecule has 0 amide bonds. The van der Waals surface area contributed by atoms with Gasteiger partial charge in [0.05, 0.1) is 5.25 Å². The van der Waals surface area contributed by atoms with Gasteiger partial charge in [0.15, 0.2) is 0 Å². The van der Waals surface area contributed by atoms with E-state index in [1.54, 1.807) is 7.11 Å². The molecule has 0 fully saturated rings. The molecule has 4 heteroatoms. The van der Waals surface area contributed by atoms with Crippen molar-refractivity contribution in [2.24, 2.45) is 5.73 Å². The number of rotatable bonds is 5. The largest absolute Gasteiger partial charge is 0.385 e. The van der Waals surface area contributed by atoms with Gasteiger partial charge in [0.2, 0.25) is 0 Å². The lowest BCUT2D eigenvalue weighted by Gasteiger charge is -2.15. The molecular weight excluding hydrogens is 234 g/mol. The molecule has 0 spiro atoms. The summed E-state index contributed by atoms with van der Waals surface area (Å²) in [5.74, 6) is 0.681. The first kappa shape index (κ1) is 12.7. The molecule has 2 rings (SSSR count). The van der Waals surface area contributed by atoms with E-state index in [1.807, 2.05) is 18.2 Å². The highest BCUT2D eigenvalue weighted by Gasteiger charge is 2.33. The standard InChI is InChI=1S/C13H19NO2S/c1-16-7-4-8-17(15)12-9-10-5-2-3-6-11(10)13(12)14/h2-3,5-6,12-13H,4,7-9,14H2,1H3. The van der Waals surface area contributed by atoms with Gasteiger partial charge in [-0.3, -0.25) is 4.21 Å². The van der Waals surface area contributed by atoms with Gasteiger partial charge >= 0.3 is 0 Å². The monoisotopic (exact) mass is 253 g/mol. The lowest BCUT2D eigenvalue weighted by atomic mass is 10.1. The molecule has 2 N–H and O–H groups in total. The summed E-state index contributed by atoms with van der Waals surface area (Å²) in [7, 11) is 0.809. The van der Waals surface area contributed by atoms with E-state index in [9.17, 15) is 4.21 Å². The molecule has 3 nitrogen and oxygen atoms in total. The maximum absolute atomic E-state index is 12.2. The molecule has 94 valence electrons. The zero-order valence-corrected chi connectivity index (χ0v) is 10.9. The molecule has 1 aliphatic rings. The molecule has 3 atom stereocenters. The van der Waals surface area contributed by atoms with Crippen molar-refractivity contribution < 1.29 is 8.95 Å². The van der Waals surface area contributed by atoms with Crippen LogP contribution < -0.4 is 5.73 Å². The zero-order valence-electron chi connectivity index (χ0n) is 10.1. The van der Waals surface area contributed by atoms with E-state index < -0.39 is 10.8 Å². The Morgan fingerprint density at radius 2 is 2.24 bits per heavy atom. The van der Waals surface area contributed by atoms with Gasteiger partial charge in [0.1, 0.15) is 0 Å². The van der Waals surface area contributed by atoms with Crippen LogP contribution in [0, 0.1) is 0 Å². The average Bonchev–Trinajstić information content (AvgIpc) is 2.68. The first-order chi connectivity index (χ1) is 8.24. The van der Waals surface area contributed by atoms with E-state index in [2.05, 4.69) is 6.07 Å². The maximum Gasteiger partial charge on any atom is 0.0581 e. The molecule has 17 heavy (non-hydrogen) atoms. The van der Waals surface area contributed by atoms with Crippen molar-refractivity contribution >= 4 is 10.8 Å². The summed E-state index contributed by atoms with van der Waals surface area (Å²) in [6, 6.07) is 8.07. The predicted octanol–water partition coefficient (Wildman–Crippen LogP) is 1.40. The third-order valence-electron chi connectivity index (χ3n) is 3.27. The second-order valence-electron chi connectivity index (χ2n) is 4.40. The Balaban J connectivity index is 1.99. The van der Waals surface area contributed by atoms with Crippen molar-refractivity contribution in [2.75, 3.05) is 19.5 Å². The highest BCUT2D eigenvalue weighted by molar-refractivity contribution is 7.85. The minimum atomic E-state index is -0.858. The number of ether oxygens (including phenoxy) is 1. The average molecular weight is 253 g/mol. The molecule has 0 aliphatic heterocycles. The molecule has 0 heterocycles. The Morgan fingerprint density at radius 1 is 1.47 bits per heavy atom. The number of nitrogens with two attached hydrogens (primary N) is 1. The van der Waals surface area contributed by atoms with Crippen LogP contribution in [-0.4, -0.2) is 28.9 Å². The molecule has 0 saturated heterocycles. The second kappa shape index (κ2) is 5.76. The summed E-state index contributed by atoms with van der Waals surface area (Å²) >= 11 is 0. The number of benzene rings is 1. The highest BCUT2D eigenvalue weighted by atomic mass is 32.2. The Labute approximate surface area is 105 Å². The van der Waals surface area contributed by atoms with E-state index in [1.165, 1.54) is 5.56 Å². The maximum atomic E-state index is 12.2. The summed E-state index contributed by atoms with van der Waals surface area (Å²) in [6.07, 6.45) is 1.68. The predicted molar refractivity (Wildman–Crippen MR) is 70.4 cm³/mol. The van der Waals surface area contributed by atoms with Gasteiger partial charge < -0.3 is 10.5 Å². The third kappa shape index (κ3) is 2.76. The van der Waals surface area contributed by atoms with E-state index in [-0.39, 0.29) is 11.3 Å². The lowest BCUT2D eigenvalue weighted by molar-refractivity contribution is 0.200. The van der Waals surface area contributed by atoms with Crippen molar-refractivity contribution in [3.8, 4) is 0 Å². The van der Waals surface area contributed by atoms with Crippen molar-refractivity contribution in [1.82, 2.24) is 0 Å². The zero-order chi connectivity index (χ0) is 12.3. The van der Waals surface area contributed by atoms with Crippen LogP contribution in [0.15, 0.2) is 24.3 Å². The SMILES string of the molecule is COCCCS(=O)C1Cc2ccccc2C1N. The van der Waals surface area contributed by atoms with Gasteiger partial charge in [-0.15, -0.1) is 0 Å². The van der Waals surface area contributed by atoms with Crippen LogP contribution in [0.25, 0.3) is 0 Å². The fourth-order valence-electron chi connectivity index (χ4n) is 2.34. The summed E-state index contributed by atoms with van der Waals surface area (Å²) < 4.78 is 17.2. The first-order valence-electron chi connectivity index (χ1n) is 5.93. The van der Waals surface area contributed by atoms with Crippen molar-refractivity contribution in [3.63, 3.8) is 0 Å². The van der Waals surface area contributed by atoms with Crippen LogP contribution in [0.5, 0.6) is 0 Å². The van der Waals surface area contributed by atoms with Crippen LogP contribution in [0.1, 0.15) is 23.6 Å². The molecule has 0 aromatic heterocycles.